The van der Waals surface area contributed by atoms with Gasteiger partial charge in [-0.25, -0.2) is 0 Å². The van der Waals surface area contributed by atoms with Crippen molar-refractivity contribution in [1.29, 1.82) is 0 Å². The Morgan fingerprint density at radius 3 is 2.76 bits per heavy atom. The number of piperidine rings is 1. The van der Waals surface area contributed by atoms with Crippen LogP contribution in [0.25, 0.3) is 0 Å². The zero-order valence-corrected chi connectivity index (χ0v) is 12.9. The first-order valence-corrected chi connectivity index (χ1v) is 7.67. The average molecular weight is 293 g/mol. The molecule has 0 bridgehead atoms. The van der Waals surface area contributed by atoms with Crippen LogP contribution in [0, 0.1) is 5.41 Å². The van der Waals surface area contributed by atoms with E-state index in [1.807, 2.05) is 0 Å². The predicted octanol–water partition coefficient (Wildman–Crippen LogP) is 1.98. The number of carbonyl (C=O) groups is 1. The average Bonchev–Trinajstić information content (AvgIpc) is 3.07. The van der Waals surface area contributed by atoms with Crippen LogP contribution in [0.15, 0.2) is 4.52 Å². The highest BCUT2D eigenvalue weighted by Gasteiger charge is 2.41. The highest BCUT2D eigenvalue weighted by atomic mass is 16.5. The van der Waals surface area contributed by atoms with E-state index in [0.717, 1.165) is 25.3 Å². The molecule has 1 amide bonds. The molecular formula is C15H23N3O3. The second-order valence-corrected chi connectivity index (χ2v) is 7.08. The molecule has 2 aliphatic heterocycles. The summed E-state index contributed by atoms with van der Waals surface area (Å²) in [7, 11) is 0. The molecule has 1 N–H and O–H groups in total. The molecule has 21 heavy (non-hydrogen) atoms. The number of aromatic nitrogens is 2. The Kier molecular flexibility index (Phi) is 3.73. The van der Waals surface area contributed by atoms with E-state index in [1.165, 1.54) is 0 Å². The summed E-state index contributed by atoms with van der Waals surface area (Å²) in [6.07, 6.45) is 2.35. The zero-order valence-electron chi connectivity index (χ0n) is 12.9. The minimum Gasteiger partial charge on any atom is -0.377 e. The molecule has 0 spiro atoms. The van der Waals surface area contributed by atoms with E-state index in [4.69, 9.17) is 9.26 Å². The van der Waals surface area contributed by atoms with E-state index in [0.29, 0.717) is 18.9 Å². The summed E-state index contributed by atoms with van der Waals surface area (Å²) in [6, 6.07) is 0. The maximum absolute atomic E-state index is 11.2. The van der Waals surface area contributed by atoms with Crippen molar-refractivity contribution in [3.8, 4) is 0 Å². The fraction of sp³-hybridized carbons (Fsp3) is 0.800. The van der Waals surface area contributed by atoms with Gasteiger partial charge in [0.1, 0.15) is 0 Å². The summed E-state index contributed by atoms with van der Waals surface area (Å²) in [5.41, 5.74) is 0.0563. The van der Waals surface area contributed by atoms with Crippen LogP contribution in [0.2, 0.25) is 0 Å². The van der Waals surface area contributed by atoms with Crippen LogP contribution in [-0.2, 0) is 9.53 Å². The number of ether oxygens (including phenoxy) is 1. The Bertz CT molecular complexity index is 510. The van der Waals surface area contributed by atoms with Crippen molar-refractivity contribution < 1.29 is 14.1 Å². The third kappa shape index (κ3) is 2.95. The Hall–Kier alpha value is -1.43. The van der Waals surface area contributed by atoms with Crippen molar-refractivity contribution in [2.75, 3.05) is 13.2 Å². The standard InChI is InChI=1S/C15H23N3O3/c1-15(2,3)12-10(6-7-20-12)13-17-14(21-18-13)9-4-5-11(19)16-8-9/h9-10,12H,4-8H2,1-3H3,(H,16,19)/t9-,10+,12+/m1/s1. The number of carbonyl (C=O) groups excluding carboxylic acids is 1. The quantitative estimate of drug-likeness (QED) is 0.902. The van der Waals surface area contributed by atoms with Crippen molar-refractivity contribution >= 4 is 5.91 Å². The molecule has 2 saturated heterocycles. The molecule has 1 aromatic heterocycles. The van der Waals surface area contributed by atoms with Crippen molar-refractivity contribution in [3.63, 3.8) is 0 Å². The molecule has 0 radical (unpaired) electrons. The van der Waals surface area contributed by atoms with Crippen LogP contribution in [0.1, 0.15) is 63.6 Å². The molecule has 0 saturated carbocycles. The number of amides is 1. The number of hydrogen-bond donors (Lipinski definition) is 1. The van der Waals surface area contributed by atoms with Crippen LogP contribution in [0.4, 0.5) is 0 Å². The van der Waals surface area contributed by atoms with Gasteiger partial charge < -0.3 is 14.6 Å². The molecule has 0 aliphatic carbocycles. The number of hydrogen-bond acceptors (Lipinski definition) is 5. The first kappa shape index (κ1) is 14.5. The highest BCUT2D eigenvalue weighted by molar-refractivity contribution is 5.76. The van der Waals surface area contributed by atoms with Crippen molar-refractivity contribution in [3.05, 3.63) is 11.7 Å². The molecule has 1 aromatic rings. The monoisotopic (exact) mass is 293 g/mol. The molecule has 3 heterocycles. The van der Waals surface area contributed by atoms with Crippen LogP contribution >= 0.6 is 0 Å². The van der Waals surface area contributed by atoms with Gasteiger partial charge in [0.05, 0.1) is 17.9 Å². The minimum absolute atomic E-state index is 0.0563. The summed E-state index contributed by atoms with van der Waals surface area (Å²) in [6.45, 7) is 7.86. The minimum atomic E-state index is 0.0563. The van der Waals surface area contributed by atoms with Gasteiger partial charge in [-0.15, -0.1) is 0 Å². The maximum Gasteiger partial charge on any atom is 0.231 e. The van der Waals surface area contributed by atoms with Gasteiger partial charge in [-0.1, -0.05) is 25.9 Å². The lowest BCUT2D eigenvalue weighted by molar-refractivity contribution is -0.122. The molecule has 2 aliphatic rings. The number of nitrogens with one attached hydrogen (secondary N) is 1. The molecule has 3 atom stereocenters. The van der Waals surface area contributed by atoms with E-state index < -0.39 is 0 Å². The van der Waals surface area contributed by atoms with Crippen molar-refractivity contribution in [1.82, 2.24) is 15.5 Å². The van der Waals surface area contributed by atoms with E-state index in [2.05, 4.69) is 36.2 Å². The van der Waals surface area contributed by atoms with Gasteiger partial charge in [0, 0.05) is 19.6 Å². The lowest BCUT2D eigenvalue weighted by Gasteiger charge is -2.29. The largest absolute Gasteiger partial charge is 0.377 e. The molecule has 3 rings (SSSR count). The van der Waals surface area contributed by atoms with Gasteiger partial charge in [-0.2, -0.15) is 4.98 Å². The predicted molar refractivity (Wildman–Crippen MR) is 75.8 cm³/mol. The maximum atomic E-state index is 11.2. The van der Waals surface area contributed by atoms with Crippen molar-refractivity contribution in [2.24, 2.45) is 5.41 Å². The normalized spacial score (nSPS) is 30.4. The molecule has 6 nitrogen and oxygen atoms in total. The van der Waals surface area contributed by atoms with Gasteiger partial charge in [-0.3, -0.25) is 4.79 Å². The Balaban J connectivity index is 1.74. The topological polar surface area (TPSA) is 77.2 Å². The van der Waals surface area contributed by atoms with Crippen molar-refractivity contribution in [2.45, 2.75) is 58.0 Å². The first-order valence-electron chi connectivity index (χ1n) is 7.67. The molecular weight excluding hydrogens is 270 g/mol. The molecule has 0 unspecified atom stereocenters. The summed E-state index contributed by atoms with van der Waals surface area (Å²) in [4.78, 5) is 15.8. The third-order valence-electron chi connectivity index (χ3n) is 4.35. The number of nitrogens with zero attached hydrogens (tertiary/aromatic N) is 2. The SMILES string of the molecule is CC(C)(C)[C@H]1OCC[C@@H]1c1noc([C@@H]2CCC(=O)NC2)n1. The van der Waals surface area contributed by atoms with Crippen LogP contribution in [0.3, 0.4) is 0 Å². The van der Waals surface area contributed by atoms with E-state index in [9.17, 15) is 4.79 Å². The summed E-state index contributed by atoms with van der Waals surface area (Å²) in [5.74, 6) is 1.83. The Morgan fingerprint density at radius 1 is 1.29 bits per heavy atom. The molecule has 0 aromatic carbocycles. The van der Waals surface area contributed by atoms with Gasteiger partial charge in [0.25, 0.3) is 0 Å². The zero-order chi connectivity index (χ0) is 15.0. The molecule has 116 valence electrons. The van der Waals surface area contributed by atoms with Crippen LogP contribution in [0.5, 0.6) is 0 Å². The molecule has 2 fully saturated rings. The van der Waals surface area contributed by atoms with Crippen LogP contribution in [-0.4, -0.2) is 35.3 Å². The lowest BCUT2D eigenvalue weighted by Crippen LogP contribution is -2.34. The fourth-order valence-electron chi connectivity index (χ4n) is 3.21. The lowest BCUT2D eigenvalue weighted by atomic mass is 9.81. The van der Waals surface area contributed by atoms with E-state index >= 15 is 0 Å². The highest BCUT2D eigenvalue weighted by Crippen LogP contribution is 2.40. The summed E-state index contributed by atoms with van der Waals surface area (Å²) < 4.78 is 11.3. The van der Waals surface area contributed by atoms with Crippen LogP contribution < -0.4 is 5.32 Å². The second kappa shape index (κ2) is 5.40. The smallest absolute Gasteiger partial charge is 0.231 e. The third-order valence-corrected chi connectivity index (χ3v) is 4.35. The van der Waals surface area contributed by atoms with E-state index in [-0.39, 0.29) is 29.3 Å². The first-order chi connectivity index (χ1) is 9.95. The van der Waals surface area contributed by atoms with Gasteiger partial charge in [-0.05, 0) is 18.3 Å². The second-order valence-electron chi connectivity index (χ2n) is 7.08. The van der Waals surface area contributed by atoms with Gasteiger partial charge in [0.2, 0.25) is 11.8 Å². The van der Waals surface area contributed by atoms with Gasteiger partial charge >= 0.3 is 0 Å². The fourth-order valence-corrected chi connectivity index (χ4v) is 3.21. The Labute approximate surface area is 124 Å². The number of rotatable bonds is 2. The summed E-state index contributed by atoms with van der Waals surface area (Å²) >= 11 is 0. The molecule has 6 heteroatoms. The van der Waals surface area contributed by atoms with E-state index in [1.54, 1.807) is 0 Å². The summed E-state index contributed by atoms with van der Waals surface area (Å²) in [5, 5.41) is 7.03. The van der Waals surface area contributed by atoms with Gasteiger partial charge in [0.15, 0.2) is 5.82 Å². The Morgan fingerprint density at radius 2 is 2.10 bits per heavy atom.